The second kappa shape index (κ2) is 10.7. The number of ether oxygens (including phenoxy) is 2. The smallest absolute Gasteiger partial charge is 0.157 e. The molecular weight excluding hydrogens is 357 g/mol. The van der Waals surface area contributed by atoms with Crippen LogP contribution in [0.25, 0.3) is 0 Å². The number of rotatable bonds is 9. The van der Waals surface area contributed by atoms with Gasteiger partial charge in [0.05, 0.1) is 12.7 Å². The Balaban J connectivity index is 1.63. The van der Waals surface area contributed by atoms with Crippen LogP contribution >= 0.6 is 0 Å². The van der Waals surface area contributed by atoms with E-state index in [0.29, 0.717) is 25.3 Å². The van der Waals surface area contributed by atoms with Gasteiger partial charge in [-0.15, -0.1) is 0 Å². The summed E-state index contributed by atoms with van der Waals surface area (Å²) < 4.78 is 24.8. The lowest BCUT2D eigenvalue weighted by Crippen LogP contribution is -2.40. The summed E-state index contributed by atoms with van der Waals surface area (Å²) >= 11 is 0. The summed E-state index contributed by atoms with van der Waals surface area (Å²) in [6.45, 7) is 4.54. The van der Waals surface area contributed by atoms with Crippen LogP contribution in [0.1, 0.15) is 43.4 Å². The van der Waals surface area contributed by atoms with Gasteiger partial charge in [-0.05, 0) is 49.4 Å². The van der Waals surface area contributed by atoms with Crippen molar-refractivity contribution in [2.45, 2.75) is 51.2 Å². The molecule has 1 N–H and O–H groups in total. The highest BCUT2D eigenvalue weighted by Gasteiger charge is 2.22. The zero-order valence-corrected chi connectivity index (χ0v) is 16.5. The highest BCUT2D eigenvalue weighted by Crippen LogP contribution is 2.20. The second-order valence-electron chi connectivity index (χ2n) is 7.46. The molecule has 28 heavy (non-hydrogen) atoms. The van der Waals surface area contributed by atoms with Crippen LogP contribution in [0, 0.1) is 5.82 Å². The lowest BCUT2D eigenvalue weighted by molar-refractivity contribution is -0.170. The van der Waals surface area contributed by atoms with Crippen molar-refractivity contribution in [3.8, 4) is 0 Å². The quantitative estimate of drug-likeness (QED) is 0.697. The number of hydrogen-bond donors (Lipinski definition) is 1. The van der Waals surface area contributed by atoms with Crippen molar-refractivity contribution in [2.24, 2.45) is 0 Å². The average Bonchev–Trinajstić information content (AvgIpc) is 2.73. The molecular formula is C23H30FNO3. The molecule has 1 unspecified atom stereocenters. The SMILES string of the molecule is C[C@H](COC1CCCCO1)N(Cc1ccccc1)C[C@H](O)c1ccc(F)cc1. The Labute approximate surface area is 166 Å². The molecule has 2 aromatic carbocycles. The zero-order chi connectivity index (χ0) is 19.8. The van der Waals surface area contributed by atoms with E-state index < -0.39 is 6.10 Å². The molecule has 1 fully saturated rings. The van der Waals surface area contributed by atoms with E-state index in [1.165, 1.54) is 17.7 Å². The summed E-state index contributed by atoms with van der Waals surface area (Å²) in [4.78, 5) is 2.20. The largest absolute Gasteiger partial charge is 0.387 e. The van der Waals surface area contributed by atoms with Crippen LogP contribution in [-0.2, 0) is 16.0 Å². The molecule has 0 spiro atoms. The first-order valence-electron chi connectivity index (χ1n) is 10.1. The van der Waals surface area contributed by atoms with Crippen molar-refractivity contribution in [3.63, 3.8) is 0 Å². The van der Waals surface area contributed by atoms with E-state index in [1.54, 1.807) is 12.1 Å². The molecule has 0 aromatic heterocycles. The van der Waals surface area contributed by atoms with Gasteiger partial charge < -0.3 is 14.6 Å². The minimum absolute atomic E-state index is 0.0980. The molecule has 1 aliphatic rings. The van der Waals surface area contributed by atoms with Crippen molar-refractivity contribution >= 4 is 0 Å². The number of nitrogens with zero attached hydrogens (tertiary/aromatic N) is 1. The highest BCUT2D eigenvalue weighted by molar-refractivity contribution is 5.19. The van der Waals surface area contributed by atoms with Crippen molar-refractivity contribution in [3.05, 3.63) is 71.5 Å². The fourth-order valence-corrected chi connectivity index (χ4v) is 3.43. The Morgan fingerprint density at radius 3 is 2.57 bits per heavy atom. The molecule has 0 amide bonds. The topological polar surface area (TPSA) is 41.9 Å². The molecule has 1 saturated heterocycles. The predicted octanol–water partition coefficient (Wildman–Crippen LogP) is 4.29. The lowest BCUT2D eigenvalue weighted by Gasteiger charge is -2.32. The first-order valence-corrected chi connectivity index (χ1v) is 10.1. The van der Waals surface area contributed by atoms with Crippen molar-refractivity contribution in [1.82, 2.24) is 4.90 Å². The molecule has 1 aliphatic heterocycles. The summed E-state index contributed by atoms with van der Waals surface area (Å²) in [6.07, 6.45) is 2.34. The van der Waals surface area contributed by atoms with Gasteiger partial charge in [0.15, 0.2) is 6.29 Å². The summed E-state index contributed by atoms with van der Waals surface area (Å²) in [5.74, 6) is -0.300. The van der Waals surface area contributed by atoms with Gasteiger partial charge in [-0.2, -0.15) is 0 Å². The molecule has 0 radical (unpaired) electrons. The van der Waals surface area contributed by atoms with Crippen LogP contribution in [0.5, 0.6) is 0 Å². The maximum Gasteiger partial charge on any atom is 0.157 e. The van der Waals surface area contributed by atoms with Crippen LogP contribution in [0.3, 0.4) is 0 Å². The highest BCUT2D eigenvalue weighted by atomic mass is 19.1. The molecule has 2 aromatic rings. The van der Waals surface area contributed by atoms with Gasteiger partial charge in [0.25, 0.3) is 0 Å². The first kappa shape index (κ1) is 20.9. The number of halogens is 1. The van der Waals surface area contributed by atoms with Gasteiger partial charge in [-0.3, -0.25) is 4.90 Å². The molecule has 3 atom stereocenters. The zero-order valence-electron chi connectivity index (χ0n) is 16.5. The third-order valence-corrected chi connectivity index (χ3v) is 5.18. The molecule has 1 heterocycles. The standard InChI is InChI=1S/C23H30FNO3/c1-18(17-28-23-9-5-6-14-27-23)25(15-19-7-3-2-4-8-19)16-22(26)20-10-12-21(24)13-11-20/h2-4,7-8,10-13,18,22-23,26H,5-6,9,14-17H2,1H3/t18-,22+,23?/m1/s1. The van der Waals surface area contributed by atoms with Gasteiger partial charge >= 0.3 is 0 Å². The van der Waals surface area contributed by atoms with Crippen molar-refractivity contribution < 1.29 is 19.0 Å². The normalized spacial score (nSPS) is 19.5. The Kier molecular flexibility index (Phi) is 7.98. The monoisotopic (exact) mass is 387 g/mol. The van der Waals surface area contributed by atoms with Gasteiger partial charge in [-0.1, -0.05) is 42.5 Å². The number of benzene rings is 2. The van der Waals surface area contributed by atoms with Crippen LogP contribution in [-0.4, -0.2) is 42.1 Å². The Morgan fingerprint density at radius 2 is 1.89 bits per heavy atom. The minimum atomic E-state index is -0.697. The fraction of sp³-hybridized carbons (Fsp3) is 0.478. The van der Waals surface area contributed by atoms with Gasteiger partial charge in [-0.25, -0.2) is 4.39 Å². The molecule has 0 bridgehead atoms. The molecule has 4 nitrogen and oxygen atoms in total. The Bertz CT molecular complexity index is 689. The minimum Gasteiger partial charge on any atom is -0.387 e. The fourth-order valence-electron chi connectivity index (χ4n) is 3.43. The van der Waals surface area contributed by atoms with Gasteiger partial charge in [0, 0.05) is 25.7 Å². The molecule has 152 valence electrons. The second-order valence-corrected chi connectivity index (χ2v) is 7.46. The first-order chi connectivity index (χ1) is 13.6. The van der Waals surface area contributed by atoms with Crippen LogP contribution < -0.4 is 0 Å². The van der Waals surface area contributed by atoms with E-state index in [0.717, 1.165) is 25.9 Å². The van der Waals surface area contributed by atoms with Crippen LogP contribution in [0.15, 0.2) is 54.6 Å². The van der Waals surface area contributed by atoms with E-state index in [1.807, 2.05) is 18.2 Å². The van der Waals surface area contributed by atoms with E-state index >= 15 is 0 Å². The number of aliphatic hydroxyl groups excluding tert-OH is 1. The molecule has 0 aliphatic carbocycles. The van der Waals surface area contributed by atoms with Crippen molar-refractivity contribution in [2.75, 3.05) is 19.8 Å². The Morgan fingerprint density at radius 1 is 1.14 bits per heavy atom. The van der Waals surface area contributed by atoms with E-state index in [4.69, 9.17) is 9.47 Å². The number of aliphatic hydroxyl groups is 1. The summed E-state index contributed by atoms with van der Waals surface area (Å²) in [5, 5.41) is 10.7. The van der Waals surface area contributed by atoms with E-state index in [2.05, 4.69) is 24.0 Å². The summed E-state index contributed by atoms with van der Waals surface area (Å²) in [5.41, 5.74) is 1.89. The van der Waals surface area contributed by atoms with Crippen LogP contribution in [0.2, 0.25) is 0 Å². The lowest BCUT2D eigenvalue weighted by atomic mass is 10.1. The summed E-state index contributed by atoms with van der Waals surface area (Å²) in [6, 6.07) is 16.3. The molecule has 0 saturated carbocycles. The number of hydrogen-bond acceptors (Lipinski definition) is 4. The third kappa shape index (κ3) is 6.38. The molecule has 3 rings (SSSR count). The van der Waals surface area contributed by atoms with E-state index in [-0.39, 0.29) is 18.1 Å². The van der Waals surface area contributed by atoms with Crippen LogP contribution in [0.4, 0.5) is 4.39 Å². The predicted molar refractivity (Wildman–Crippen MR) is 107 cm³/mol. The van der Waals surface area contributed by atoms with Gasteiger partial charge in [0.1, 0.15) is 5.82 Å². The maximum atomic E-state index is 13.2. The van der Waals surface area contributed by atoms with Gasteiger partial charge in [0.2, 0.25) is 0 Å². The maximum absolute atomic E-state index is 13.2. The van der Waals surface area contributed by atoms with Crippen molar-refractivity contribution in [1.29, 1.82) is 0 Å². The summed E-state index contributed by atoms with van der Waals surface area (Å²) in [7, 11) is 0. The Hall–Kier alpha value is -1.79. The van der Waals surface area contributed by atoms with E-state index in [9.17, 15) is 9.50 Å². The average molecular weight is 387 g/mol. The third-order valence-electron chi connectivity index (χ3n) is 5.18. The molecule has 5 heteroatoms.